The molecule has 2 N–H and O–H groups in total. The molecule has 1 saturated heterocycles. The van der Waals surface area contributed by atoms with E-state index in [9.17, 15) is 0 Å². The van der Waals surface area contributed by atoms with Gasteiger partial charge in [0.2, 0.25) is 0 Å². The third-order valence-corrected chi connectivity index (χ3v) is 3.75. The van der Waals surface area contributed by atoms with Crippen LogP contribution in [0.15, 0.2) is 12.3 Å². The molecule has 0 radical (unpaired) electrons. The maximum absolute atomic E-state index is 9.00. The fourth-order valence-electron chi connectivity index (χ4n) is 2.39. The summed E-state index contributed by atoms with van der Waals surface area (Å²) in [7, 11) is 2.13. The Kier molecular flexibility index (Phi) is 3.39. The number of likely N-dealkylation sites (N-methyl/N-ethyl adjacent to an activating group) is 1. The summed E-state index contributed by atoms with van der Waals surface area (Å²) in [5.74, 6) is 0.737. The Morgan fingerprint density at radius 2 is 2.00 bits per heavy atom. The largest absolute Gasteiger partial charge is 0.395 e. The molecule has 1 aliphatic heterocycles. The Morgan fingerprint density at radius 1 is 1.39 bits per heavy atom. The summed E-state index contributed by atoms with van der Waals surface area (Å²) in [6, 6.07) is 4.65. The fraction of sp³-hybridized carbons (Fsp3) is 0.538. The predicted octanol–water partition coefficient (Wildman–Crippen LogP) is 1.06. The van der Waals surface area contributed by atoms with Crippen molar-refractivity contribution in [2.24, 2.45) is 0 Å². The third kappa shape index (κ3) is 2.12. The minimum Gasteiger partial charge on any atom is -0.395 e. The van der Waals surface area contributed by atoms with Crippen molar-refractivity contribution in [3.05, 3.63) is 17.8 Å². The summed E-state index contributed by atoms with van der Waals surface area (Å²) >= 11 is 0. The SMILES string of the molecule is CC1CN(c2nccc(C#N)c2N)CC(C)N1C. The second-order valence-corrected chi connectivity index (χ2v) is 4.98. The van der Waals surface area contributed by atoms with Crippen LogP contribution in [0.4, 0.5) is 11.5 Å². The zero-order valence-corrected chi connectivity index (χ0v) is 11.1. The maximum atomic E-state index is 9.00. The maximum Gasteiger partial charge on any atom is 0.153 e. The second kappa shape index (κ2) is 4.83. The molecule has 0 spiro atoms. The predicted molar refractivity (Wildman–Crippen MR) is 72.3 cm³/mol. The topological polar surface area (TPSA) is 69.2 Å². The van der Waals surface area contributed by atoms with Gasteiger partial charge in [0, 0.05) is 31.4 Å². The van der Waals surface area contributed by atoms with E-state index in [-0.39, 0.29) is 0 Å². The lowest BCUT2D eigenvalue weighted by Gasteiger charge is -2.43. The molecule has 96 valence electrons. The molecule has 5 nitrogen and oxygen atoms in total. The molecule has 1 aliphatic rings. The number of nitrogens with zero attached hydrogens (tertiary/aromatic N) is 4. The Morgan fingerprint density at radius 3 is 2.56 bits per heavy atom. The van der Waals surface area contributed by atoms with E-state index < -0.39 is 0 Å². The van der Waals surface area contributed by atoms with Gasteiger partial charge in [-0.05, 0) is 27.0 Å². The first-order chi connectivity index (χ1) is 8.54. The molecule has 0 aromatic carbocycles. The zero-order valence-electron chi connectivity index (χ0n) is 11.1. The lowest BCUT2D eigenvalue weighted by molar-refractivity contribution is 0.169. The van der Waals surface area contributed by atoms with Crippen molar-refractivity contribution in [3.8, 4) is 6.07 Å². The van der Waals surface area contributed by atoms with Crippen molar-refractivity contribution in [2.75, 3.05) is 30.8 Å². The number of nitrogens with two attached hydrogens (primary N) is 1. The van der Waals surface area contributed by atoms with Crippen LogP contribution >= 0.6 is 0 Å². The summed E-state index contributed by atoms with van der Waals surface area (Å²) in [6.07, 6.45) is 1.65. The first kappa shape index (κ1) is 12.7. The second-order valence-electron chi connectivity index (χ2n) is 4.98. The standard InChI is InChI=1S/C13H19N5/c1-9-7-18(8-10(2)17(9)3)13-12(15)11(6-14)4-5-16-13/h4-5,9-10H,7-8,15H2,1-3H3. The molecule has 2 unspecified atom stereocenters. The van der Waals surface area contributed by atoms with Crippen LogP contribution in [0.2, 0.25) is 0 Å². The van der Waals surface area contributed by atoms with Crippen LogP contribution in [0.5, 0.6) is 0 Å². The summed E-state index contributed by atoms with van der Waals surface area (Å²) in [5.41, 5.74) is 7.00. The van der Waals surface area contributed by atoms with E-state index >= 15 is 0 Å². The number of hydrogen-bond donors (Lipinski definition) is 1. The first-order valence-electron chi connectivity index (χ1n) is 6.16. The number of rotatable bonds is 1. The number of hydrogen-bond acceptors (Lipinski definition) is 5. The van der Waals surface area contributed by atoms with Crippen molar-refractivity contribution in [1.82, 2.24) is 9.88 Å². The lowest BCUT2D eigenvalue weighted by atomic mass is 10.1. The van der Waals surface area contributed by atoms with Crippen molar-refractivity contribution in [2.45, 2.75) is 25.9 Å². The highest BCUT2D eigenvalue weighted by Crippen LogP contribution is 2.26. The minimum absolute atomic E-state index is 0.445. The molecule has 5 heteroatoms. The van der Waals surface area contributed by atoms with Crippen LogP contribution in [-0.2, 0) is 0 Å². The molecule has 0 saturated carbocycles. The molecule has 18 heavy (non-hydrogen) atoms. The van der Waals surface area contributed by atoms with Crippen LogP contribution in [0, 0.1) is 11.3 Å². The molecule has 1 fully saturated rings. The smallest absolute Gasteiger partial charge is 0.153 e. The molecule has 0 amide bonds. The zero-order chi connectivity index (χ0) is 13.3. The lowest BCUT2D eigenvalue weighted by Crippen LogP contribution is -2.55. The average Bonchev–Trinajstić information content (AvgIpc) is 2.35. The van der Waals surface area contributed by atoms with Gasteiger partial charge >= 0.3 is 0 Å². The monoisotopic (exact) mass is 245 g/mol. The molecular formula is C13H19N5. The number of pyridine rings is 1. The summed E-state index contributed by atoms with van der Waals surface area (Å²) in [4.78, 5) is 8.86. The highest BCUT2D eigenvalue weighted by Gasteiger charge is 2.28. The van der Waals surface area contributed by atoms with Gasteiger partial charge in [-0.2, -0.15) is 5.26 Å². The van der Waals surface area contributed by atoms with Crippen LogP contribution in [0.3, 0.4) is 0 Å². The number of anilines is 2. The Bertz CT molecular complexity index is 467. The van der Waals surface area contributed by atoms with E-state index in [2.05, 4.69) is 41.7 Å². The van der Waals surface area contributed by atoms with Gasteiger partial charge in [-0.3, -0.25) is 4.90 Å². The number of nitriles is 1. The van der Waals surface area contributed by atoms with Crippen molar-refractivity contribution in [3.63, 3.8) is 0 Å². The van der Waals surface area contributed by atoms with Crippen LogP contribution in [0.1, 0.15) is 19.4 Å². The van der Waals surface area contributed by atoms with Crippen LogP contribution in [-0.4, -0.2) is 42.1 Å². The van der Waals surface area contributed by atoms with Crippen molar-refractivity contribution < 1.29 is 0 Å². The normalized spacial score (nSPS) is 24.9. The number of piperazine rings is 1. The number of nitrogen functional groups attached to an aromatic ring is 1. The Balaban J connectivity index is 2.30. The van der Waals surface area contributed by atoms with Crippen molar-refractivity contribution in [1.29, 1.82) is 5.26 Å². The van der Waals surface area contributed by atoms with Gasteiger partial charge in [0.1, 0.15) is 6.07 Å². The Hall–Kier alpha value is -1.80. The molecule has 1 aromatic rings. The molecule has 2 heterocycles. The molecule has 2 rings (SSSR count). The van der Waals surface area contributed by atoms with E-state index in [1.165, 1.54) is 0 Å². The van der Waals surface area contributed by atoms with E-state index in [4.69, 9.17) is 11.0 Å². The highest BCUT2D eigenvalue weighted by molar-refractivity contribution is 5.70. The fourth-order valence-corrected chi connectivity index (χ4v) is 2.39. The molecular weight excluding hydrogens is 226 g/mol. The highest BCUT2D eigenvalue weighted by atomic mass is 15.3. The van der Waals surface area contributed by atoms with Gasteiger partial charge in [0.05, 0.1) is 11.3 Å². The first-order valence-corrected chi connectivity index (χ1v) is 6.16. The van der Waals surface area contributed by atoms with Gasteiger partial charge in [-0.25, -0.2) is 4.98 Å². The van der Waals surface area contributed by atoms with E-state index in [1.807, 2.05) is 0 Å². The van der Waals surface area contributed by atoms with Gasteiger partial charge in [-0.1, -0.05) is 0 Å². The molecule has 0 aliphatic carbocycles. The van der Waals surface area contributed by atoms with E-state index in [1.54, 1.807) is 12.3 Å². The van der Waals surface area contributed by atoms with E-state index in [0.29, 0.717) is 23.3 Å². The third-order valence-electron chi connectivity index (χ3n) is 3.75. The van der Waals surface area contributed by atoms with E-state index in [0.717, 1.165) is 18.9 Å². The van der Waals surface area contributed by atoms with Crippen LogP contribution < -0.4 is 10.6 Å². The van der Waals surface area contributed by atoms with Gasteiger partial charge < -0.3 is 10.6 Å². The molecule has 1 aromatic heterocycles. The molecule has 0 bridgehead atoms. The summed E-state index contributed by atoms with van der Waals surface area (Å²) in [5, 5.41) is 9.00. The van der Waals surface area contributed by atoms with Gasteiger partial charge in [0.15, 0.2) is 5.82 Å². The van der Waals surface area contributed by atoms with Crippen molar-refractivity contribution >= 4 is 11.5 Å². The number of aromatic nitrogens is 1. The summed E-state index contributed by atoms with van der Waals surface area (Å²) in [6.45, 7) is 6.14. The van der Waals surface area contributed by atoms with Crippen LogP contribution in [0.25, 0.3) is 0 Å². The summed E-state index contributed by atoms with van der Waals surface area (Å²) < 4.78 is 0. The quantitative estimate of drug-likeness (QED) is 0.801. The van der Waals surface area contributed by atoms with Gasteiger partial charge in [-0.15, -0.1) is 0 Å². The minimum atomic E-state index is 0.445. The van der Waals surface area contributed by atoms with Gasteiger partial charge in [0.25, 0.3) is 0 Å². The average molecular weight is 245 g/mol. The Labute approximate surface area is 108 Å². The molecule has 2 atom stereocenters.